The van der Waals surface area contributed by atoms with Crippen LogP contribution in [-0.4, -0.2) is 28.7 Å². The van der Waals surface area contributed by atoms with E-state index in [1.165, 1.54) is 0 Å². The molecule has 1 aliphatic carbocycles. The van der Waals surface area contributed by atoms with Gasteiger partial charge >= 0.3 is 0 Å². The van der Waals surface area contributed by atoms with E-state index >= 15 is 0 Å². The number of aliphatic imine (C=N–C) groups is 1. The van der Waals surface area contributed by atoms with Gasteiger partial charge in [-0.15, -0.1) is 0 Å². The molecule has 0 aromatic heterocycles. The van der Waals surface area contributed by atoms with Crippen molar-refractivity contribution in [3.05, 3.63) is 77.0 Å². The van der Waals surface area contributed by atoms with Gasteiger partial charge in [-0.1, -0.05) is 50.2 Å². The quantitative estimate of drug-likeness (QED) is 0.893. The molecule has 0 saturated carbocycles. The number of benzene rings is 2. The fraction of sp³-hybridized carbons (Fsp3) is 0.273. The zero-order valence-corrected chi connectivity index (χ0v) is 15.2. The Balaban J connectivity index is 1.81. The van der Waals surface area contributed by atoms with E-state index < -0.39 is 11.3 Å². The molecule has 136 valence electrons. The number of hydrogen-bond donors (Lipinski definition) is 1. The van der Waals surface area contributed by atoms with Crippen molar-refractivity contribution in [3.8, 4) is 5.75 Å². The Bertz CT molecular complexity index is 1030. The molecule has 5 nitrogen and oxygen atoms in total. The van der Waals surface area contributed by atoms with E-state index in [-0.39, 0.29) is 12.5 Å². The predicted octanol–water partition coefficient (Wildman–Crippen LogP) is 3.30. The summed E-state index contributed by atoms with van der Waals surface area (Å²) in [6.45, 7) is 4.47. The Morgan fingerprint density at radius 3 is 2.74 bits per heavy atom. The maximum atomic E-state index is 13.7. The fourth-order valence-electron chi connectivity index (χ4n) is 4.48. The number of rotatable bonds is 2. The largest absolute Gasteiger partial charge is 0.454 e. The number of fused-ring (bicyclic) bond motifs is 5. The summed E-state index contributed by atoms with van der Waals surface area (Å²) in [7, 11) is 0. The molecule has 3 aliphatic rings. The summed E-state index contributed by atoms with van der Waals surface area (Å²) in [5, 5.41) is 11.8. The van der Waals surface area contributed by atoms with Gasteiger partial charge in [-0.25, -0.2) is 0 Å². The normalized spacial score (nSPS) is 27.6. The van der Waals surface area contributed by atoms with Gasteiger partial charge in [0.2, 0.25) is 11.3 Å². The molecule has 1 N–H and O–H groups in total. The summed E-state index contributed by atoms with van der Waals surface area (Å²) < 4.78 is 6.17. The summed E-state index contributed by atoms with van der Waals surface area (Å²) in [5.74, 6) is -1.10. The third kappa shape index (κ3) is 1.82. The second kappa shape index (κ2) is 5.30. The van der Waals surface area contributed by atoms with Crippen LogP contribution in [0.15, 0.2) is 59.7 Å². The lowest BCUT2D eigenvalue weighted by Crippen LogP contribution is -2.58. The molecule has 0 spiro atoms. The van der Waals surface area contributed by atoms with E-state index in [1.807, 2.05) is 30.3 Å². The molecule has 2 aromatic carbocycles. The third-order valence-electron chi connectivity index (χ3n) is 5.80. The molecule has 27 heavy (non-hydrogen) atoms. The van der Waals surface area contributed by atoms with Crippen LogP contribution >= 0.6 is 0 Å². The second-order valence-corrected chi connectivity index (χ2v) is 7.53. The van der Waals surface area contributed by atoms with Crippen molar-refractivity contribution in [2.45, 2.75) is 31.1 Å². The van der Waals surface area contributed by atoms with E-state index in [0.717, 1.165) is 5.56 Å². The van der Waals surface area contributed by atoms with Gasteiger partial charge in [-0.3, -0.25) is 9.79 Å². The average molecular weight is 360 g/mol. The summed E-state index contributed by atoms with van der Waals surface area (Å²) >= 11 is 0. The number of nitrogens with zero attached hydrogens (tertiary/aromatic N) is 2. The average Bonchev–Trinajstić information content (AvgIpc) is 3.06. The van der Waals surface area contributed by atoms with Crippen molar-refractivity contribution in [1.82, 2.24) is 4.90 Å². The summed E-state index contributed by atoms with van der Waals surface area (Å²) in [5.41, 5.74) is 1.38. The van der Waals surface area contributed by atoms with Crippen molar-refractivity contribution in [1.29, 1.82) is 0 Å². The van der Waals surface area contributed by atoms with Crippen LogP contribution in [0.25, 0.3) is 0 Å². The van der Waals surface area contributed by atoms with Crippen molar-refractivity contribution in [2.24, 2.45) is 4.99 Å². The minimum atomic E-state index is -1.80. The highest BCUT2D eigenvalue weighted by molar-refractivity contribution is 6.10. The maximum absolute atomic E-state index is 13.7. The highest BCUT2D eigenvalue weighted by Crippen LogP contribution is 2.61. The zero-order valence-electron chi connectivity index (χ0n) is 15.2. The lowest BCUT2D eigenvalue weighted by atomic mass is 9.81. The Kier molecular flexibility index (Phi) is 3.19. The number of ether oxygens (including phenoxy) is 1. The zero-order chi connectivity index (χ0) is 18.8. The number of aliphatic hydroxyl groups is 1. The van der Waals surface area contributed by atoms with Gasteiger partial charge in [-0.2, -0.15) is 0 Å². The smallest absolute Gasteiger partial charge is 0.271 e. The van der Waals surface area contributed by atoms with E-state index in [4.69, 9.17) is 4.74 Å². The van der Waals surface area contributed by atoms with Crippen molar-refractivity contribution < 1.29 is 14.6 Å². The molecule has 2 aliphatic heterocycles. The van der Waals surface area contributed by atoms with Gasteiger partial charge in [0.15, 0.2) is 0 Å². The first kappa shape index (κ1) is 16.3. The van der Waals surface area contributed by atoms with Crippen LogP contribution in [-0.2, 0) is 11.3 Å². The molecule has 0 amide bonds. The summed E-state index contributed by atoms with van der Waals surface area (Å²) in [6.07, 6.45) is 5.27. The maximum Gasteiger partial charge on any atom is 0.271 e. The molecule has 0 fully saturated rings. The lowest BCUT2D eigenvalue weighted by molar-refractivity contribution is -0.194. The van der Waals surface area contributed by atoms with Crippen LogP contribution in [0.3, 0.4) is 0 Å². The lowest BCUT2D eigenvalue weighted by Gasteiger charge is -2.42. The summed E-state index contributed by atoms with van der Waals surface area (Å²) in [4.78, 5) is 19.8. The van der Waals surface area contributed by atoms with Crippen LogP contribution in [0.5, 0.6) is 5.75 Å². The van der Waals surface area contributed by atoms with E-state index in [9.17, 15) is 9.90 Å². The Labute approximate surface area is 157 Å². The molecule has 0 saturated heterocycles. The van der Waals surface area contributed by atoms with Crippen molar-refractivity contribution in [3.63, 3.8) is 0 Å². The van der Waals surface area contributed by atoms with Crippen LogP contribution in [0.4, 0.5) is 0 Å². The SMILES string of the molecule is CC(C)c1ccc2c(c1)OC1(O)c3ccccc3C(=O)C21N1C=CC=NC1. The highest BCUT2D eigenvalue weighted by atomic mass is 16.6. The fourth-order valence-corrected chi connectivity index (χ4v) is 4.48. The van der Waals surface area contributed by atoms with E-state index in [2.05, 4.69) is 18.8 Å². The van der Waals surface area contributed by atoms with Gasteiger partial charge < -0.3 is 14.7 Å². The highest BCUT2D eigenvalue weighted by Gasteiger charge is 2.73. The van der Waals surface area contributed by atoms with E-state index in [0.29, 0.717) is 28.4 Å². The van der Waals surface area contributed by atoms with Crippen LogP contribution in [0, 0.1) is 0 Å². The molecule has 2 aromatic rings. The molecule has 2 unspecified atom stereocenters. The molecule has 0 bridgehead atoms. The van der Waals surface area contributed by atoms with Gasteiger partial charge in [0.05, 0.1) is 0 Å². The first-order valence-corrected chi connectivity index (χ1v) is 9.13. The summed E-state index contributed by atoms with van der Waals surface area (Å²) in [6, 6.07) is 13.0. The number of carbonyl (C=O) groups excluding carboxylic acids is 1. The van der Waals surface area contributed by atoms with Crippen molar-refractivity contribution >= 4 is 12.0 Å². The number of allylic oxidation sites excluding steroid dienone is 1. The van der Waals surface area contributed by atoms with Gasteiger partial charge in [0.1, 0.15) is 12.4 Å². The Morgan fingerprint density at radius 1 is 1.19 bits per heavy atom. The minimum absolute atomic E-state index is 0.168. The second-order valence-electron chi connectivity index (χ2n) is 7.53. The number of hydrogen-bond acceptors (Lipinski definition) is 5. The molecule has 0 radical (unpaired) electrons. The van der Waals surface area contributed by atoms with Crippen molar-refractivity contribution in [2.75, 3.05) is 6.67 Å². The first-order valence-electron chi connectivity index (χ1n) is 9.13. The number of ketones is 1. The van der Waals surface area contributed by atoms with Gasteiger partial charge in [0, 0.05) is 29.1 Å². The Morgan fingerprint density at radius 2 is 2.00 bits per heavy atom. The number of carbonyl (C=O) groups is 1. The van der Waals surface area contributed by atoms with E-state index in [1.54, 1.807) is 35.5 Å². The Hall–Kier alpha value is -2.92. The number of Topliss-reactive ketones (excluding diaryl/α,β-unsaturated/α-hetero) is 1. The van der Waals surface area contributed by atoms with Gasteiger partial charge in [0.25, 0.3) is 5.79 Å². The molecule has 2 atom stereocenters. The molecule has 2 heterocycles. The predicted molar refractivity (Wildman–Crippen MR) is 102 cm³/mol. The minimum Gasteiger partial charge on any atom is -0.454 e. The topological polar surface area (TPSA) is 62.1 Å². The third-order valence-corrected chi connectivity index (χ3v) is 5.80. The van der Waals surface area contributed by atoms with Gasteiger partial charge in [-0.05, 0) is 23.6 Å². The molecule has 5 rings (SSSR count). The van der Waals surface area contributed by atoms with Crippen LogP contribution in [0.1, 0.15) is 46.8 Å². The monoisotopic (exact) mass is 360 g/mol. The molecular formula is C22H20N2O3. The van der Waals surface area contributed by atoms with Crippen LogP contribution in [0.2, 0.25) is 0 Å². The molecule has 5 heteroatoms. The van der Waals surface area contributed by atoms with Crippen LogP contribution < -0.4 is 4.74 Å². The molecular weight excluding hydrogens is 340 g/mol. The standard InChI is InChI=1S/C22H20N2O3/c1-14(2)15-8-9-18-19(12-15)27-22(26)17-7-4-3-6-16(17)20(25)21(18,22)24-11-5-10-23-13-24/h3-12,14,26H,13H2,1-2H3. The first-order chi connectivity index (χ1) is 13.0.